The normalized spacial score (nSPS) is 53.9. The summed E-state index contributed by atoms with van der Waals surface area (Å²) in [5.41, 5.74) is 1.09. The maximum absolute atomic E-state index is 12.2. The van der Waals surface area contributed by atoms with Crippen LogP contribution in [0, 0.1) is 40.4 Å². The van der Waals surface area contributed by atoms with Crippen molar-refractivity contribution in [1.82, 2.24) is 0 Å². The van der Waals surface area contributed by atoms with E-state index in [0.29, 0.717) is 30.1 Å². The van der Waals surface area contributed by atoms with E-state index in [1.54, 1.807) is 0 Å². The molecule has 0 spiro atoms. The van der Waals surface area contributed by atoms with Gasteiger partial charge in [-0.25, -0.2) is 0 Å². The predicted molar refractivity (Wildman–Crippen MR) is 93.2 cm³/mol. The van der Waals surface area contributed by atoms with Crippen LogP contribution in [0.25, 0.3) is 0 Å². The topological polar surface area (TPSA) is 57.5 Å². The van der Waals surface area contributed by atoms with E-state index in [2.05, 4.69) is 20.8 Å². The highest BCUT2D eigenvalue weighted by Gasteiger charge is 2.62. The highest BCUT2D eigenvalue weighted by atomic mass is 16.3. The van der Waals surface area contributed by atoms with E-state index in [0.717, 1.165) is 32.1 Å². The molecule has 3 fully saturated rings. The highest BCUT2D eigenvalue weighted by molar-refractivity contribution is 5.92. The molecule has 2 N–H and O–H groups in total. The van der Waals surface area contributed by atoms with E-state index in [9.17, 15) is 15.0 Å². The summed E-state index contributed by atoms with van der Waals surface area (Å²) in [6, 6.07) is 0. The quantitative estimate of drug-likeness (QED) is 0.774. The lowest BCUT2D eigenvalue weighted by atomic mass is 9.43. The molecule has 0 aromatic rings. The summed E-state index contributed by atoms with van der Waals surface area (Å²) in [6.07, 6.45) is 7.61. The van der Waals surface area contributed by atoms with E-state index < -0.39 is 0 Å². The van der Waals surface area contributed by atoms with Crippen LogP contribution in [-0.4, -0.2) is 28.7 Å². The molecule has 134 valence electrons. The van der Waals surface area contributed by atoms with Crippen LogP contribution in [0.5, 0.6) is 0 Å². The average Bonchev–Trinajstić information content (AvgIpc) is 2.84. The van der Waals surface area contributed by atoms with E-state index >= 15 is 0 Å². The molecule has 4 aliphatic carbocycles. The van der Waals surface area contributed by atoms with Crippen molar-refractivity contribution < 1.29 is 15.0 Å². The fourth-order valence-electron chi connectivity index (χ4n) is 7.44. The number of hydrogen-bond acceptors (Lipinski definition) is 3. The summed E-state index contributed by atoms with van der Waals surface area (Å²) in [6.45, 7) is 6.88. The van der Waals surface area contributed by atoms with Gasteiger partial charge in [0.05, 0.1) is 12.7 Å². The first-order chi connectivity index (χ1) is 11.3. The van der Waals surface area contributed by atoms with Crippen LogP contribution >= 0.6 is 0 Å². The minimum Gasteiger partial charge on any atom is -0.395 e. The molecular weight excluding hydrogens is 300 g/mol. The van der Waals surface area contributed by atoms with Gasteiger partial charge in [0.25, 0.3) is 0 Å². The van der Waals surface area contributed by atoms with Crippen molar-refractivity contribution in [3.05, 3.63) is 11.6 Å². The third-order valence-corrected chi connectivity index (χ3v) is 8.71. The van der Waals surface area contributed by atoms with Crippen molar-refractivity contribution in [3.8, 4) is 0 Å². The molecule has 3 saturated carbocycles. The lowest BCUT2D eigenvalue weighted by Crippen LogP contribution is -2.57. The smallest absolute Gasteiger partial charge is 0.155 e. The van der Waals surface area contributed by atoms with E-state index in [-0.39, 0.29) is 35.2 Å². The molecule has 4 rings (SSSR count). The molecule has 3 heteroatoms. The second-order valence-corrected chi connectivity index (χ2v) is 9.52. The summed E-state index contributed by atoms with van der Waals surface area (Å²) in [4.78, 5) is 12.2. The standard InChI is InChI=1S/C21H32O3/c1-12-8-15-16-4-5-19(24)20(16,3)7-6-17(15)21(11-22)13(2)9-14(23)10-18(12)21/h10,12-13,15-17,19,22,24H,4-9,11H2,1-3H3/t12?,13?,15-,16-,17+,19?,20-,21+/m0/s1. The van der Waals surface area contributed by atoms with Crippen LogP contribution in [-0.2, 0) is 4.79 Å². The van der Waals surface area contributed by atoms with Crippen molar-refractivity contribution in [2.45, 2.75) is 65.4 Å². The fraction of sp³-hybridized carbons (Fsp3) is 0.857. The van der Waals surface area contributed by atoms with Crippen LogP contribution in [0.15, 0.2) is 11.6 Å². The van der Waals surface area contributed by atoms with Gasteiger partial charge in [-0.3, -0.25) is 4.79 Å². The van der Waals surface area contributed by atoms with Crippen LogP contribution in [0.1, 0.15) is 59.3 Å². The Kier molecular flexibility index (Phi) is 3.78. The molecule has 24 heavy (non-hydrogen) atoms. The third-order valence-electron chi connectivity index (χ3n) is 8.71. The molecule has 0 aromatic carbocycles. The summed E-state index contributed by atoms with van der Waals surface area (Å²) in [7, 11) is 0. The molecule has 3 unspecified atom stereocenters. The van der Waals surface area contributed by atoms with Crippen molar-refractivity contribution >= 4 is 5.78 Å². The molecule has 0 bridgehead atoms. The van der Waals surface area contributed by atoms with E-state index in [4.69, 9.17) is 0 Å². The lowest BCUT2D eigenvalue weighted by molar-refractivity contribution is -0.129. The van der Waals surface area contributed by atoms with Crippen LogP contribution in [0.4, 0.5) is 0 Å². The van der Waals surface area contributed by atoms with Crippen LogP contribution < -0.4 is 0 Å². The predicted octanol–water partition coefficient (Wildman–Crippen LogP) is 3.34. The molecule has 0 aromatic heterocycles. The van der Waals surface area contributed by atoms with Crippen molar-refractivity contribution in [3.63, 3.8) is 0 Å². The van der Waals surface area contributed by atoms with Gasteiger partial charge in [-0.1, -0.05) is 26.3 Å². The highest BCUT2D eigenvalue weighted by Crippen LogP contribution is 2.67. The van der Waals surface area contributed by atoms with Gasteiger partial charge in [-0.15, -0.1) is 0 Å². The lowest BCUT2D eigenvalue weighted by Gasteiger charge is -2.61. The largest absolute Gasteiger partial charge is 0.395 e. The van der Waals surface area contributed by atoms with Gasteiger partial charge in [0.1, 0.15) is 0 Å². The monoisotopic (exact) mass is 332 g/mol. The van der Waals surface area contributed by atoms with Crippen LogP contribution in [0.2, 0.25) is 0 Å². The number of aliphatic hydroxyl groups excluding tert-OH is 2. The summed E-state index contributed by atoms with van der Waals surface area (Å²) in [5.74, 6) is 2.45. The Morgan fingerprint density at radius 2 is 1.96 bits per heavy atom. The van der Waals surface area contributed by atoms with Crippen molar-refractivity contribution in [2.75, 3.05) is 6.61 Å². The molecule has 3 nitrogen and oxygen atoms in total. The summed E-state index contributed by atoms with van der Waals surface area (Å²) >= 11 is 0. The first-order valence-electron chi connectivity index (χ1n) is 9.88. The van der Waals surface area contributed by atoms with Crippen molar-refractivity contribution in [1.29, 1.82) is 0 Å². The van der Waals surface area contributed by atoms with Gasteiger partial charge in [-0.05, 0) is 73.2 Å². The van der Waals surface area contributed by atoms with Gasteiger partial charge in [0.15, 0.2) is 5.78 Å². The minimum atomic E-state index is -0.203. The van der Waals surface area contributed by atoms with Crippen molar-refractivity contribution in [2.24, 2.45) is 40.4 Å². The molecular formula is C21H32O3. The number of carbonyl (C=O) groups is 1. The Hall–Kier alpha value is -0.670. The van der Waals surface area contributed by atoms with Gasteiger partial charge in [-0.2, -0.15) is 0 Å². The number of hydrogen-bond donors (Lipinski definition) is 2. The molecule has 4 aliphatic rings. The third kappa shape index (κ3) is 1.94. The molecule has 0 radical (unpaired) electrons. The molecule has 0 saturated heterocycles. The van der Waals surface area contributed by atoms with E-state index in [1.165, 1.54) is 5.57 Å². The van der Waals surface area contributed by atoms with Crippen LogP contribution in [0.3, 0.4) is 0 Å². The Balaban J connectivity index is 1.79. The molecule has 0 amide bonds. The number of rotatable bonds is 1. The number of carbonyl (C=O) groups excluding carboxylic acids is 1. The maximum atomic E-state index is 12.2. The fourth-order valence-corrected chi connectivity index (χ4v) is 7.44. The second-order valence-electron chi connectivity index (χ2n) is 9.52. The van der Waals surface area contributed by atoms with E-state index in [1.807, 2.05) is 6.08 Å². The van der Waals surface area contributed by atoms with Gasteiger partial charge in [0, 0.05) is 11.8 Å². The SMILES string of the molecule is CC1C[C@@H]2[C@@H](CC[C@]3(C)C(O)CC[C@@H]23)[C@]2(CO)C1=CC(=O)CC2C. The van der Waals surface area contributed by atoms with Gasteiger partial charge < -0.3 is 10.2 Å². The Morgan fingerprint density at radius 1 is 1.21 bits per heavy atom. The van der Waals surface area contributed by atoms with Gasteiger partial charge in [0.2, 0.25) is 0 Å². The number of aliphatic hydroxyl groups is 2. The maximum Gasteiger partial charge on any atom is 0.155 e. The average molecular weight is 332 g/mol. The first kappa shape index (κ1) is 16.8. The summed E-state index contributed by atoms with van der Waals surface area (Å²) < 4.78 is 0. The molecule has 0 heterocycles. The first-order valence-corrected chi connectivity index (χ1v) is 9.88. The molecule has 0 aliphatic heterocycles. The zero-order valence-electron chi connectivity index (χ0n) is 15.3. The second kappa shape index (κ2) is 5.41. The Labute approximate surface area is 145 Å². The zero-order chi connectivity index (χ0) is 17.3. The zero-order valence-corrected chi connectivity index (χ0v) is 15.3. The Morgan fingerprint density at radius 3 is 2.67 bits per heavy atom. The number of fused-ring (bicyclic) bond motifs is 5. The summed E-state index contributed by atoms with van der Waals surface area (Å²) in [5, 5.41) is 21.1. The van der Waals surface area contributed by atoms with Gasteiger partial charge >= 0.3 is 0 Å². The minimum absolute atomic E-state index is 0.0620. The molecule has 8 atom stereocenters. The number of ketones is 1. The Bertz CT molecular complexity index is 582.